The summed E-state index contributed by atoms with van der Waals surface area (Å²) in [6.07, 6.45) is 0.524. The number of carbonyl (C=O) groups excluding carboxylic acids is 2. The number of para-hydroxylation sites is 1. The van der Waals surface area contributed by atoms with Crippen LogP contribution in [0.15, 0.2) is 59.7 Å². The SMILES string of the molecule is O=C(N[C@@H](COc1ccccc1F)c1ccccc1)C1=NN([C@@H]2CCS(=O)(=O)C2)C(=O)CC1. The maximum atomic E-state index is 14.0. The summed E-state index contributed by atoms with van der Waals surface area (Å²) in [7, 11) is -3.21. The molecule has 2 aliphatic heterocycles. The van der Waals surface area contributed by atoms with Gasteiger partial charge >= 0.3 is 0 Å². The van der Waals surface area contributed by atoms with E-state index >= 15 is 0 Å². The van der Waals surface area contributed by atoms with Crippen LogP contribution in [0.5, 0.6) is 5.75 Å². The summed E-state index contributed by atoms with van der Waals surface area (Å²) in [5.41, 5.74) is 0.902. The van der Waals surface area contributed by atoms with Gasteiger partial charge < -0.3 is 10.1 Å². The molecule has 4 rings (SSSR count). The van der Waals surface area contributed by atoms with E-state index < -0.39 is 33.6 Å². The van der Waals surface area contributed by atoms with Crippen molar-refractivity contribution in [1.82, 2.24) is 10.3 Å². The van der Waals surface area contributed by atoms with Gasteiger partial charge in [-0.15, -0.1) is 0 Å². The van der Waals surface area contributed by atoms with Crippen LogP contribution in [-0.4, -0.2) is 55.1 Å². The molecule has 2 aromatic carbocycles. The van der Waals surface area contributed by atoms with Crippen molar-refractivity contribution in [3.63, 3.8) is 0 Å². The topological polar surface area (TPSA) is 105 Å². The van der Waals surface area contributed by atoms with E-state index in [1.54, 1.807) is 12.1 Å². The van der Waals surface area contributed by atoms with Crippen LogP contribution in [0, 0.1) is 5.82 Å². The number of carbonyl (C=O) groups is 2. The normalized spacial score (nSPS) is 20.8. The molecule has 1 fully saturated rings. The van der Waals surface area contributed by atoms with Crippen molar-refractivity contribution in [2.24, 2.45) is 5.10 Å². The molecule has 0 radical (unpaired) electrons. The van der Waals surface area contributed by atoms with Crippen molar-refractivity contribution < 1.29 is 27.1 Å². The fourth-order valence-corrected chi connectivity index (χ4v) is 5.56. The minimum Gasteiger partial charge on any atom is -0.488 e. The number of nitrogens with zero attached hydrogens (tertiary/aromatic N) is 2. The molecule has 2 atom stereocenters. The number of hydrazone groups is 1. The number of sulfone groups is 1. The van der Waals surface area contributed by atoms with E-state index in [2.05, 4.69) is 10.4 Å². The van der Waals surface area contributed by atoms with Crippen LogP contribution in [0.25, 0.3) is 0 Å². The van der Waals surface area contributed by atoms with E-state index in [4.69, 9.17) is 4.74 Å². The molecule has 2 aliphatic rings. The third kappa shape index (κ3) is 5.57. The number of rotatable bonds is 7. The van der Waals surface area contributed by atoms with Crippen molar-refractivity contribution >= 4 is 27.4 Å². The molecular weight excluding hydrogens is 449 g/mol. The third-order valence-electron chi connectivity index (χ3n) is 5.63. The molecule has 0 aromatic heterocycles. The van der Waals surface area contributed by atoms with E-state index in [9.17, 15) is 22.4 Å². The van der Waals surface area contributed by atoms with Crippen molar-refractivity contribution in [1.29, 1.82) is 0 Å². The maximum Gasteiger partial charge on any atom is 0.268 e. The van der Waals surface area contributed by atoms with Crippen molar-refractivity contribution in [2.75, 3.05) is 18.1 Å². The summed E-state index contributed by atoms with van der Waals surface area (Å²) >= 11 is 0. The fraction of sp³-hybridized carbons (Fsp3) is 0.348. The van der Waals surface area contributed by atoms with Crippen molar-refractivity contribution in [2.45, 2.75) is 31.3 Å². The lowest BCUT2D eigenvalue weighted by Crippen LogP contribution is -2.45. The monoisotopic (exact) mass is 473 g/mol. The second kappa shape index (κ2) is 9.70. The Morgan fingerprint density at radius 1 is 1.15 bits per heavy atom. The van der Waals surface area contributed by atoms with Gasteiger partial charge in [0.05, 0.1) is 23.6 Å². The molecule has 1 N–H and O–H groups in total. The van der Waals surface area contributed by atoms with Crippen LogP contribution in [0.2, 0.25) is 0 Å². The molecule has 0 unspecified atom stereocenters. The van der Waals surface area contributed by atoms with Gasteiger partial charge in [0.25, 0.3) is 5.91 Å². The molecule has 174 valence electrons. The molecule has 2 heterocycles. The molecule has 0 bridgehead atoms. The summed E-state index contributed by atoms with van der Waals surface area (Å²) in [4.78, 5) is 25.4. The van der Waals surface area contributed by atoms with Crippen LogP contribution in [0.1, 0.15) is 30.9 Å². The molecular formula is C23H24FN3O5S. The second-order valence-corrected chi connectivity index (χ2v) is 10.2. The van der Waals surface area contributed by atoms with E-state index in [1.807, 2.05) is 30.3 Å². The highest BCUT2D eigenvalue weighted by Gasteiger charge is 2.37. The smallest absolute Gasteiger partial charge is 0.268 e. The number of amides is 2. The Labute approximate surface area is 191 Å². The molecule has 33 heavy (non-hydrogen) atoms. The lowest BCUT2D eigenvalue weighted by atomic mass is 10.1. The number of hydrogen-bond donors (Lipinski definition) is 1. The predicted octanol–water partition coefficient (Wildman–Crippen LogP) is 2.23. The second-order valence-electron chi connectivity index (χ2n) is 8.02. The average Bonchev–Trinajstić information content (AvgIpc) is 3.17. The van der Waals surface area contributed by atoms with Crippen LogP contribution in [-0.2, 0) is 19.4 Å². The standard InChI is InChI=1S/C23H24FN3O5S/c24-18-8-4-5-9-21(18)32-14-20(16-6-2-1-3-7-16)25-23(29)19-10-11-22(28)27(26-19)17-12-13-33(30,31)15-17/h1-9,17,20H,10-15H2,(H,25,29)/t17-,20+/m1/s1. The Morgan fingerprint density at radius 3 is 2.58 bits per heavy atom. The van der Waals surface area contributed by atoms with Gasteiger partial charge in [0.2, 0.25) is 5.91 Å². The van der Waals surface area contributed by atoms with Crippen molar-refractivity contribution in [3.05, 3.63) is 66.0 Å². The zero-order valence-electron chi connectivity index (χ0n) is 17.8. The van der Waals surface area contributed by atoms with Gasteiger partial charge in [-0.2, -0.15) is 5.10 Å². The van der Waals surface area contributed by atoms with Gasteiger partial charge in [-0.05, 0) is 24.1 Å². The van der Waals surface area contributed by atoms with Crippen LogP contribution < -0.4 is 10.1 Å². The molecule has 10 heteroatoms. The number of ether oxygens (including phenoxy) is 1. The van der Waals surface area contributed by atoms with Gasteiger partial charge in [0, 0.05) is 12.8 Å². The lowest BCUT2D eigenvalue weighted by Gasteiger charge is -2.28. The summed E-state index contributed by atoms with van der Waals surface area (Å²) in [5, 5.41) is 8.22. The Bertz CT molecular complexity index is 1170. The number of benzene rings is 2. The molecule has 8 nitrogen and oxygen atoms in total. The van der Waals surface area contributed by atoms with Crippen LogP contribution >= 0.6 is 0 Å². The Kier molecular flexibility index (Phi) is 6.73. The van der Waals surface area contributed by atoms with Gasteiger partial charge in [0.15, 0.2) is 21.4 Å². The zero-order valence-corrected chi connectivity index (χ0v) is 18.6. The molecule has 0 spiro atoms. The molecule has 2 aromatic rings. The first-order valence-electron chi connectivity index (χ1n) is 10.7. The van der Waals surface area contributed by atoms with Crippen LogP contribution in [0.4, 0.5) is 4.39 Å². The summed E-state index contributed by atoms with van der Waals surface area (Å²) in [6.45, 7) is -0.0204. The lowest BCUT2D eigenvalue weighted by molar-refractivity contribution is -0.133. The van der Waals surface area contributed by atoms with E-state index in [-0.39, 0.29) is 48.3 Å². The largest absolute Gasteiger partial charge is 0.488 e. The van der Waals surface area contributed by atoms with Gasteiger partial charge in [-0.25, -0.2) is 17.8 Å². The summed E-state index contributed by atoms with van der Waals surface area (Å²) < 4.78 is 43.2. The van der Waals surface area contributed by atoms with E-state index in [0.29, 0.717) is 6.42 Å². The summed E-state index contributed by atoms with van der Waals surface area (Å²) in [6, 6.07) is 14.0. The molecule has 1 saturated heterocycles. The quantitative estimate of drug-likeness (QED) is 0.664. The first kappa shape index (κ1) is 22.9. The van der Waals surface area contributed by atoms with Gasteiger partial charge in [-0.1, -0.05) is 42.5 Å². The third-order valence-corrected chi connectivity index (χ3v) is 7.38. The van der Waals surface area contributed by atoms with E-state index in [1.165, 1.54) is 12.1 Å². The average molecular weight is 474 g/mol. The predicted molar refractivity (Wildman–Crippen MR) is 120 cm³/mol. The van der Waals surface area contributed by atoms with Crippen molar-refractivity contribution in [3.8, 4) is 5.75 Å². The Hall–Kier alpha value is -3.27. The Morgan fingerprint density at radius 2 is 1.88 bits per heavy atom. The highest BCUT2D eigenvalue weighted by Crippen LogP contribution is 2.23. The number of nitrogens with one attached hydrogen (secondary N) is 1. The first-order chi connectivity index (χ1) is 15.8. The molecule has 0 aliphatic carbocycles. The minimum absolute atomic E-state index is 0.00195. The summed E-state index contributed by atoms with van der Waals surface area (Å²) in [5.74, 6) is -1.37. The molecule has 2 amide bonds. The first-order valence-corrected chi connectivity index (χ1v) is 12.5. The minimum atomic E-state index is -3.21. The Balaban J connectivity index is 1.50. The molecule has 0 saturated carbocycles. The fourth-order valence-electron chi connectivity index (χ4n) is 3.87. The zero-order chi connectivity index (χ0) is 23.4. The number of hydrogen-bond acceptors (Lipinski definition) is 6. The highest BCUT2D eigenvalue weighted by atomic mass is 32.2. The highest BCUT2D eigenvalue weighted by molar-refractivity contribution is 7.91. The number of halogens is 1. The maximum absolute atomic E-state index is 14.0. The van der Waals surface area contributed by atoms with Gasteiger partial charge in [-0.3, -0.25) is 9.59 Å². The van der Waals surface area contributed by atoms with E-state index in [0.717, 1.165) is 10.6 Å². The van der Waals surface area contributed by atoms with Gasteiger partial charge in [0.1, 0.15) is 12.3 Å². The van der Waals surface area contributed by atoms with Crippen LogP contribution in [0.3, 0.4) is 0 Å².